The highest BCUT2D eigenvalue weighted by atomic mass is 19.1. The highest BCUT2D eigenvalue weighted by Crippen LogP contribution is 2.69. The van der Waals surface area contributed by atoms with Gasteiger partial charge in [0, 0.05) is 16.7 Å². The summed E-state index contributed by atoms with van der Waals surface area (Å²) in [5, 5.41) is 42.0. The van der Waals surface area contributed by atoms with Crippen molar-refractivity contribution in [1.29, 1.82) is 0 Å². The lowest BCUT2D eigenvalue weighted by Gasteiger charge is -2.62. The van der Waals surface area contributed by atoms with Gasteiger partial charge in [0.15, 0.2) is 22.8 Å². The quantitative estimate of drug-likeness (QED) is 0.527. The molecule has 4 aliphatic carbocycles. The molecule has 0 radical (unpaired) electrons. The lowest BCUT2D eigenvalue weighted by molar-refractivity contribution is -0.226. The first kappa shape index (κ1) is 20.8. The molecule has 0 aromatic rings. The highest BCUT2D eigenvalue weighted by Gasteiger charge is 2.77. The third-order valence-electron chi connectivity index (χ3n) is 8.42. The molecule has 3 saturated carbocycles. The highest BCUT2D eigenvalue weighted by molar-refractivity contribution is 6.01. The van der Waals surface area contributed by atoms with Crippen LogP contribution in [-0.2, 0) is 9.59 Å². The normalized spacial score (nSPS) is 53.7. The number of Topliss-reactive ketones (excluding diaryl/α,β-unsaturated/α-hetero) is 1. The molecule has 0 aliphatic heterocycles. The van der Waals surface area contributed by atoms with Crippen LogP contribution in [0.15, 0.2) is 23.8 Å². The van der Waals surface area contributed by atoms with Gasteiger partial charge in [-0.3, -0.25) is 9.59 Å². The van der Waals surface area contributed by atoms with Gasteiger partial charge in [-0.2, -0.15) is 0 Å². The second-order valence-electron chi connectivity index (χ2n) is 9.46. The molecule has 9 unspecified atom stereocenters. The molecule has 0 heterocycles. The van der Waals surface area contributed by atoms with Crippen LogP contribution in [0.3, 0.4) is 0 Å². The Labute approximate surface area is 166 Å². The summed E-state index contributed by atoms with van der Waals surface area (Å²) in [5.74, 6) is -3.37. The number of fused-ring (bicyclic) bond motifs is 5. The monoisotopic (exact) mass is 412 g/mol. The average molecular weight is 412 g/mol. The van der Waals surface area contributed by atoms with Gasteiger partial charge in [-0.15, -0.1) is 0 Å². The van der Waals surface area contributed by atoms with E-state index >= 15 is 8.78 Å². The maximum atomic E-state index is 16.8. The summed E-state index contributed by atoms with van der Waals surface area (Å²) in [5.41, 5.74) is -7.76. The maximum Gasteiger partial charge on any atom is 0.192 e. The standard InChI is InChI=1S/C21H26F2O6/c1-18-4-3-10(25)5-13(18)14(22)6-12-11-7-15(26)21(29,17(28)9-24)19(11,2)8-16(27)20(12,18)23/h3-5,11-12,14-16,24,26-27,29H,6-9H2,1-2H3. The molecule has 4 rings (SSSR count). The summed E-state index contributed by atoms with van der Waals surface area (Å²) in [7, 11) is 0. The molecule has 3 fully saturated rings. The van der Waals surface area contributed by atoms with Gasteiger partial charge >= 0.3 is 0 Å². The van der Waals surface area contributed by atoms with Gasteiger partial charge in [-0.05, 0) is 49.8 Å². The van der Waals surface area contributed by atoms with E-state index in [2.05, 4.69) is 0 Å². The molecule has 4 N–H and O–H groups in total. The number of rotatable bonds is 2. The summed E-state index contributed by atoms with van der Waals surface area (Å²) in [6.45, 7) is 1.91. The lowest BCUT2D eigenvalue weighted by atomic mass is 9.44. The van der Waals surface area contributed by atoms with E-state index in [-0.39, 0.29) is 24.8 Å². The lowest BCUT2D eigenvalue weighted by Crippen LogP contribution is -2.70. The average Bonchev–Trinajstić information content (AvgIpc) is 2.86. The first-order chi connectivity index (χ1) is 13.4. The van der Waals surface area contributed by atoms with Crippen LogP contribution in [0.5, 0.6) is 0 Å². The first-order valence-electron chi connectivity index (χ1n) is 9.88. The fraction of sp³-hybridized carbons (Fsp3) is 0.714. The summed E-state index contributed by atoms with van der Waals surface area (Å²) in [6, 6.07) is 0. The Morgan fingerprint density at radius 1 is 1.21 bits per heavy atom. The third-order valence-corrected chi connectivity index (χ3v) is 8.42. The molecule has 0 bridgehead atoms. The number of hydrogen-bond donors (Lipinski definition) is 4. The molecule has 0 amide bonds. The maximum absolute atomic E-state index is 16.8. The van der Waals surface area contributed by atoms with Crippen molar-refractivity contribution < 1.29 is 38.8 Å². The van der Waals surface area contributed by atoms with Gasteiger partial charge in [0.2, 0.25) is 0 Å². The molecule has 0 aromatic carbocycles. The number of halogens is 2. The molecule has 0 aromatic heterocycles. The molecule has 8 heteroatoms. The molecule has 160 valence electrons. The molecular weight excluding hydrogens is 386 g/mol. The predicted octanol–water partition coefficient (Wildman–Crippen LogP) is 0.569. The summed E-state index contributed by atoms with van der Waals surface area (Å²) >= 11 is 0. The minimum absolute atomic E-state index is 0.0216. The van der Waals surface area contributed by atoms with Crippen LogP contribution >= 0.6 is 0 Å². The van der Waals surface area contributed by atoms with Gasteiger partial charge in [0.05, 0.1) is 12.2 Å². The van der Waals surface area contributed by atoms with Crippen molar-refractivity contribution >= 4 is 11.6 Å². The largest absolute Gasteiger partial charge is 0.390 e. The minimum Gasteiger partial charge on any atom is -0.390 e. The number of ketones is 2. The van der Waals surface area contributed by atoms with Crippen LogP contribution in [0, 0.1) is 22.7 Å². The Hall–Kier alpha value is -1.48. The second-order valence-corrected chi connectivity index (χ2v) is 9.46. The fourth-order valence-electron chi connectivity index (χ4n) is 6.84. The number of aliphatic hydroxyl groups excluding tert-OH is 3. The van der Waals surface area contributed by atoms with E-state index in [1.54, 1.807) is 0 Å². The van der Waals surface area contributed by atoms with Crippen molar-refractivity contribution in [3.63, 3.8) is 0 Å². The number of carbonyl (C=O) groups is 2. The van der Waals surface area contributed by atoms with E-state index in [1.165, 1.54) is 19.9 Å². The smallest absolute Gasteiger partial charge is 0.192 e. The number of alkyl halides is 2. The van der Waals surface area contributed by atoms with E-state index in [9.17, 15) is 30.0 Å². The first-order valence-corrected chi connectivity index (χ1v) is 9.88. The number of allylic oxidation sites excluding steroid dienone is 4. The number of hydrogen-bond acceptors (Lipinski definition) is 6. The molecule has 4 aliphatic rings. The zero-order chi connectivity index (χ0) is 21.6. The van der Waals surface area contributed by atoms with Crippen molar-refractivity contribution in [3.8, 4) is 0 Å². The van der Waals surface area contributed by atoms with E-state index < -0.39 is 70.5 Å². The minimum atomic E-state index is -2.37. The molecule has 0 saturated heterocycles. The molecule has 0 spiro atoms. The second kappa shape index (κ2) is 6.03. The van der Waals surface area contributed by atoms with Crippen LogP contribution in [0.2, 0.25) is 0 Å². The molecular formula is C21H26F2O6. The summed E-state index contributed by atoms with van der Waals surface area (Å²) in [6.07, 6.45) is -2.21. The van der Waals surface area contributed by atoms with Gasteiger partial charge in [0.25, 0.3) is 0 Å². The van der Waals surface area contributed by atoms with E-state index in [0.717, 1.165) is 12.2 Å². The molecule has 6 nitrogen and oxygen atoms in total. The Bertz CT molecular complexity index is 841. The Morgan fingerprint density at radius 2 is 1.86 bits per heavy atom. The van der Waals surface area contributed by atoms with Crippen molar-refractivity contribution in [3.05, 3.63) is 23.8 Å². The van der Waals surface area contributed by atoms with Gasteiger partial charge < -0.3 is 20.4 Å². The van der Waals surface area contributed by atoms with E-state index in [1.807, 2.05) is 0 Å². The van der Waals surface area contributed by atoms with Crippen LogP contribution < -0.4 is 0 Å². The van der Waals surface area contributed by atoms with Crippen LogP contribution in [0.4, 0.5) is 8.78 Å². The Morgan fingerprint density at radius 3 is 2.48 bits per heavy atom. The van der Waals surface area contributed by atoms with Crippen molar-refractivity contribution in [1.82, 2.24) is 0 Å². The van der Waals surface area contributed by atoms with Crippen LogP contribution in [-0.4, -0.2) is 68.2 Å². The van der Waals surface area contributed by atoms with Crippen molar-refractivity contribution in [2.45, 2.75) is 62.8 Å². The number of carbonyl (C=O) groups excluding carboxylic acids is 2. The Kier molecular flexibility index (Phi) is 4.32. The molecule has 9 atom stereocenters. The van der Waals surface area contributed by atoms with Crippen molar-refractivity contribution in [2.24, 2.45) is 22.7 Å². The van der Waals surface area contributed by atoms with Gasteiger partial charge in [-0.25, -0.2) is 8.78 Å². The van der Waals surface area contributed by atoms with E-state index in [4.69, 9.17) is 0 Å². The Balaban J connectivity index is 1.87. The SMILES string of the molecule is CC12C=CC(=O)C=C1C(F)CC1C3CC(O)C(O)(C(=O)CO)C3(C)CC(O)C12F. The van der Waals surface area contributed by atoms with Gasteiger partial charge in [-0.1, -0.05) is 13.0 Å². The molecule has 29 heavy (non-hydrogen) atoms. The van der Waals surface area contributed by atoms with Crippen LogP contribution in [0.25, 0.3) is 0 Å². The number of aliphatic hydroxyl groups is 4. The topological polar surface area (TPSA) is 115 Å². The van der Waals surface area contributed by atoms with Gasteiger partial charge in [0.1, 0.15) is 12.8 Å². The fourth-order valence-corrected chi connectivity index (χ4v) is 6.84. The van der Waals surface area contributed by atoms with Crippen LogP contribution in [0.1, 0.15) is 33.1 Å². The third kappa shape index (κ3) is 2.18. The zero-order valence-electron chi connectivity index (χ0n) is 16.3. The summed E-state index contributed by atoms with van der Waals surface area (Å²) < 4.78 is 32.0. The predicted molar refractivity (Wildman–Crippen MR) is 97.1 cm³/mol. The zero-order valence-corrected chi connectivity index (χ0v) is 16.3. The van der Waals surface area contributed by atoms with Crippen molar-refractivity contribution in [2.75, 3.05) is 6.61 Å². The summed E-state index contributed by atoms with van der Waals surface area (Å²) in [4.78, 5) is 24.2. The van der Waals surface area contributed by atoms with E-state index in [0.29, 0.717) is 0 Å².